The van der Waals surface area contributed by atoms with Gasteiger partial charge in [0.1, 0.15) is 10.6 Å². The number of nitrogens with one attached hydrogen (secondary N) is 3. The second kappa shape index (κ2) is 8.86. The predicted molar refractivity (Wildman–Crippen MR) is 107 cm³/mol. The highest BCUT2D eigenvalue weighted by molar-refractivity contribution is 7.12. The molecular formula is C20H19N3O3S. The van der Waals surface area contributed by atoms with Crippen LogP contribution in [0.15, 0.2) is 66.0 Å². The Bertz CT molecular complexity index is 925. The van der Waals surface area contributed by atoms with Crippen molar-refractivity contribution in [1.82, 2.24) is 10.9 Å². The summed E-state index contributed by atoms with van der Waals surface area (Å²) in [5.74, 6) is -0.0815. The fourth-order valence-corrected chi connectivity index (χ4v) is 3.33. The van der Waals surface area contributed by atoms with Gasteiger partial charge in [-0.3, -0.25) is 20.4 Å². The average Bonchev–Trinajstić information content (AvgIpc) is 3.21. The van der Waals surface area contributed by atoms with Crippen molar-refractivity contribution in [2.24, 2.45) is 0 Å². The van der Waals surface area contributed by atoms with Gasteiger partial charge in [0, 0.05) is 5.56 Å². The maximum atomic E-state index is 12.4. The van der Waals surface area contributed by atoms with Crippen LogP contribution >= 0.6 is 11.3 Å². The Hall–Kier alpha value is -3.32. The fourth-order valence-electron chi connectivity index (χ4n) is 2.52. The molecule has 138 valence electrons. The summed E-state index contributed by atoms with van der Waals surface area (Å²) in [7, 11) is 1.56. The molecule has 3 N–H and O–H groups in total. The molecule has 0 aliphatic heterocycles. The zero-order chi connectivity index (χ0) is 19.1. The van der Waals surface area contributed by atoms with E-state index in [0.29, 0.717) is 16.3 Å². The summed E-state index contributed by atoms with van der Waals surface area (Å²) in [4.78, 5) is 25.0. The molecule has 0 bridgehead atoms. The predicted octanol–water partition coefficient (Wildman–Crippen LogP) is 3.30. The van der Waals surface area contributed by atoms with Crippen molar-refractivity contribution in [3.8, 4) is 16.9 Å². The van der Waals surface area contributed by atoms with Crippen molar-refractivity contribution < 1.29 is 14.3 Å². The molecule has 0 fully saturated rings. The molecule has 0 saturated carbocycles. The van der Waals surface area contributed by atoms with Crippen molar-refractivity contribution in [2.75, 3.05) is 19.0 Å². The van der Waals surface area contributed by atoms with Gasteiger partial charge in [0.2, 0.25) is 0 Å². The standard InChI is InChI=1S/C20H19N3O3S/c1-26-17-10-6-5-9-16(17)21-13-18(24)22-23-20(25)19-15(11-12-27-19)14-7-3-2-4-8-14/h2-12,21H,13H2,1H3,(H,22,24)(H,23,25). The molecule has 0 radical (unpaired) electrons. The highest BCUT2D eigenvalue weighted by Crippen LogP contribution is 2.28. The number of hydrogen-bond donors (Lipinski definition) is 3. The number of carbonyl (C=O) groups excluding carboxylic acids is 2. The molecule has 0 saturated heterocycles. The van der Waals surface area contributed by atoms with Crippen LogP contribution in [0.25, 0.3) is 11.1 Å². The van der Waals surface area contributed by atoms with E-state index in [1.165, 1.54) is 11.3 Å². The van der Waals surface area contributed by atoms with E-state index in [9.17, 15) is 9.59 Å². The third kappa shape index (κ3) is 4.65. The number of benzene rings is 2. The Labute approximate surface area is 161 Å². The molecule has 2 aromatic carbocycles. The fraction of sp³-hybridized carbons (Fsp3) is 0.100. The van der Waals surface area contributed by atoms with Crippen LogP contribution in [-0.4, -0.2) is 25.5 Å². The van der Waals surface area contributed by atoms with E-state index in [0.717, 1.165) is 11.1 Å². The van der Waals surface area contributed by atoms with Gasteiger partial charge in [-0.05, 0) is 29.1 Å². The largest absolute Gasteiger partial charge is 0.495 e. The topological polar surface area (TPSA) is 79.5 Å². The second-order valence-corrected chi connectivity index (χ2v) is 6.50. The number of amides is 2. The van der Waals surface area contributed by atoms with Gasteiger partial charge < -0.3 is 10.1 Å². The molecule has 3 rings (SSSR count). The van der Waals surface area contributed by atoms with Crippen LogP contribution in [0, 0.1) is 0 Å². The number of methoxy groups -OCH3 is 1. The van der Waals surface area contributed by atoms with Crippen molar-refractivity contribution in [1.29, 1.82) is 0 Å². The molecular weight excluding hydrogens is 362 g/mol. The number of ether oxygens (including phenoxy) is 1. The summed E-state index contributed by atoms with van der Waals surface area (Å²) in [5, 5.41) is 4.82. The molecule has 1 heterocycles. The molecule has 0 atom stereocenters. The number of rotatable bonds is 6. The van der Waals surface area contributed by atoms with Crippen LogP contribution in [0.1, 0.15) is 9.67 Å². The van der Waals surface area contributed by atoms with E-state index in [4.69, 9.17) is 4.74 Å². The number of para-hydroxylation sites is 2. The molecule has 6 nitrogen and oxygen atoms in total. The number of hydrazine groups is 1. The lowest BCUT2D eigenvalue weighted by Gasteiger charge is -2.11. The summed E-state index contributed by atoms with van der Waals surface area (Å²) < 4.78 is 5.22. The second-order valence-electron chi connectivity index (χ2n) is 5.59. The molecule has 0 aliphatic carbocycles. The summed E-state index contributed by atoms with van der Waals surface area (Å²) in [6.07, 6.45) is 0. The summed E-state index contributed by atoms with van der Waals surface area (Å²) in [6.45, 7) is -0.00334. The number of thiophene rings is 1. The van der Waals surface area contributed by atoms with Gasteiger partial charge in [-0.1, -0.05) is 42.5 Å². The maximum absolute atomic E-state index is 12.4. The van der Waals surface area contributed by atoms with Crippen LogP contribution in [0.5, 0.6) is 5.75 Å². The minimum atomic E-state index is -0.368. The van der Waals surface area contributed by atoms with Gasteiger partial charge in [-0.25, -0.2) is 0 Å². The van der Waals surface area contributed by atoms with Gasteiger partial charge in [-0.15, -0.1) is 11.3 Å². The highest BCUT2D eigenvalue weighted by Gasteiger charge is 2.15. The Morgan fingerprint density at radius 2 is 1.70 bits per heavy atom. The first-order valence-electron chi connectivity index (χ1n) is 8.28. The SMILES string of the molecule is COc1ccccc1NCC(=O)NNC(=O)c1sccc1-c1ccccc1. The molecule has 3 aromatic rings. The minimum Gasteiger partial charge on any atom is -0.495 e. The van der Waals surface area contributed by atoms with E-state index >= 15 is 0 Å². The van der Waals surface area contributed by atoms with E-state index in [1.807, 2.05) is 60.0 Å². The quantitative estimate of drug-likeness (QED) is 0.573. The van der Waals surface area contributed by atoms with E-state index in [1.54, 1.807) is 13.2 Å². The smallest absolute Gasteiger partial charge is 0.280 e. The van der Waals surface area contributed by atoms with Crippen molar-refractivity contribution in [2.45, 2.75) is 0 Å². The third-order valence-corrected chi connectivity index (χ3v) is 4.73. The third-order valence-electron chi connectivity index (χ3n) is 3.82. The van der Waals surface area contributed by atoms with Crippen molar-refractivity contribution in [3.05, 3.63) is 70.9 Å². The molecule has 27 heavy (non-hydrogen) atoms. The number of carbonyl (C=O) groups is 2. The monoisotopic (exact) mass is 381 g/mol. The summed E-state index contributed by atoms with van der Waals surface area (Å²) in [6, 6.07) is 18.8. The molecule has 0 aliphatic rings. The lowest BCUT2D eigenvalue weighted by Crippen LogP contribution is -2.44. The molecule has 1 aromatic heterocycles. The summed E-state index contributed by atoms with van der Waals surface area (Å²) in [5.41, 5.74) is 7.37. The highest BCUT2D eigenvalue weighted by atomic mass is 32.1. The summed E-state index contributed by atoms with van der Waals surface area (Å²) >= 11 is 1.32. The van der Waals surface area contributed by atoms with E-state index in [2.05, 4.69) is 16.2 Å². The van der Waals surface area contributed by atoms with Crippen LogP contribution in [0.3, 0.4) is 0 Å². The number of anilines is 1. The lowest BCUT2D eigenvalue weighted by molar-refractivity contribution is -0.120. The molecule has 2 amide bonds. The Morgan fingerprint density at radius 3 is 2.48 bits per heavy atom. The van der Waals surface area contributed by atoms with Gasteiger partial charge in [0.25, 0.3) is 11.8 Å². The van der Waals surface area contributed by atoms with Crippen LogP contribution < -0.4 is 20.9 Å². The van der Waals surface area contributed by atoms with Crippen molar-refractivity contribution >= 4 is 28.8 Å². The van der Waals surface area contributed by atoms with Gasteiger partial charge in [0.15, 0.2) is 0 Å². The first kappa shape index (κ1) is 18.5. The zero-order valence-corrected chi connectivity index (χ0v) is 15.5. The average molecular weight is 381 g/mol. The van der Waals surface area contributed by atoms with Gasteiger partial charge >= 0.3 is 0 Å². The Morgan fingerprint density at radius 1 is 0.963 bits per heavy atom. The first-order valence-corrected chi connectivity index (χ1v) is 9.16. The Kier molecular flexibility index (Phi) is 6.06. The molecule has 0 spiro atoms. The normalized spacial score (nSPS) is 10.1. The maximum Gasteiger partial charge on any atom is 0.280 e. The molecule has 0 unspecified atom stereocenters. The van der Waals surface area contributed by atoms with Gasteiger partial charge in [-0.2, -0.15) is 0 Å². The van der Waals surface area contributed by atoms with Gasteiger partial charge in [0.05, 0.1) is 19.3 Å². The van der Waals surface area contributed by atoms with E-state index in [-0.39, 0.29) is 18.4 Å². The molecule has 7 heteroatoms. The lowest BCUT2D eigenvalue weighted by atomic mass is 10.1. The number of hydrogen-bond acceptors (Lipinski definition) is 5. The van der Waals surface area contributed by atoms with Crippen LogP contribution in [0.4, 0.5) is 5.69 Å². The minimum absolute atomic E-state index is 0.00334. The van der Waals surface area contributed by atoms with Crippen molar-refractivity contribution in [3.63, 3.8) is 0 Å². The van der Waals surface area contributed by atoms with Crippen LogP contribution in [0.2, 0.25) is 0 Å². The Balaban J connectivity index is 1.55. The zero-order valence-electron chi connectivity index (χ0n) is 14.7. The van der Waals surface area contributed by atoms with E-state index < -0.39 is 0 Å². The first-order chi connectivity index (χ1) is 13.2. The van der Waals surface area contributed by atoms with Crippen LogP contribution in [-0.2, 0) is 4.79 Å².